The first-order chi connectivity index (χ1) is 8.74. The van der Waals surface area contributed by atoms with Gasteiger partial charge in [0, 0.05) is 6.61 Å². The molecule has 18 heavy (non-hydrogen) atoms. The van der Waals surface area contributed by atoms with Crippen molar-refractivity contribution in [3.05, 3.63) is 30.6 Å². The number of amides is 1. The number of aromatic nitrogens is 2. The number of para-hydroxylation sites is 2. The van der Waals surface area contributed by atoms with Gasteiger partial charge in [-0.1, -0.05) is 12.1 Å². The third-order valence-electron chi connectivity index (χ3n) is 2.57. The summed E-state index contributed by atoms with van der Waals surface area (Å²) in [5.74, 6) is 0. The Morgan fingerprint density at radius 3 is 3.00 bits per heavy atom. The summed E-state index contributed by atoms with van der Waals surface area (Å²) in [6, 6.07) is 7.39. The van der Waals surface area contributed by atoms with Crippen molar-refractivity contribution in [3.63, 3.8) is 0 Å². The van der Waals surface area contributed by atoms with Crippen molar-refractivity contribution < 1.29 is 14.6 Å². The average molecular weight is 249 g/mol. The number of rotatable bonds is 5. The zero-order chi connectivity index (χ0) is 13.0. The summed E-state index contributed by atoms with van der Waals surface area (Å²) in [5, 5.41) is 10.4. The highest BCUT2D eigenvalue weighted by Crippen LogP contribution is 2.12. The molecule has 1 aromatic carbocycles. The van der Waals surface area contributed by atoms with Crippen LogP contribution in [0.5, 0.6) is 0 Å². The van der Waals surface area contributed by atoms with Gasteiger partial charge in [0.05, 0.1) is 24.2 Å². The second kappa shape index (κ2) is 5.50. The third kappa shape index (κ3) is 2.43. The minimum absolute atomic E-state index is 0.267. The van der Waals surface area contributed by atoms with Crippen LogP contribution in [0.2, 0.25) is 0 Å². The minimum atomic E-state index is -1.03. The Kier molecular flexibility index (Phi) is 3.78. The third-order valence-corrected chi connectivity index (χ3v) is 2.57. The first kappa shape index (κ1) is 12.4. The molecule has 6 heteroatoms. The molecule has 2 rings (SSSR count). The molecule has 0 radical (unpaired) electrons. The molecule has 0 unspecified atom stereocenters. The Morgan fingerprint density at radius 2 is 2.28 bits per heavy atom. The number of hydrogen-bond acceptors (Lipinski definition) is 3. The summed E-state index contributed by atoms with van der Waals surface area (Å²) in [4.78, 5) is 15.4. The quantitative estimate of drug-likeness (QED) is 0.819. The second-order valence-electron chi connectivity index (χ2n) is 3.68. The first-order valence-corrected chi connectivity index (χ1v) is 5.74. The lowest BCUT2D eigenvalue weighted by molar-refractivity contribution is 0.145. The molecule has 6 nitrogen and oxygen atoms in total. The standard InChI is InChI=1S/C12H15N3O3/c1-2-18-8-7-14(12(16)17)15-9-13-10-5-3-4-6-11(10)15/h3-6,9H,2,7-8H2,1H3,(H,16,17). The van der Waals surface area contributed by atoms with Gasteiger partial charge in [-0.15, -0.1) is 0 Å². The van der Waals surface area contributed by atoms with Crippen LogP contribution in [0, 0.1) is 0 Å². The Balaban J connectivity index is 2.27. The number of imidazole rings is 1. The molecule has 0 spiro atoms. The van der Waals surface area contributed by atoms with Crippen molar-refractivity contribution in [1.82, 2.24) is 9.66 Å². The van der Waals surface area contributed by atoms with Gasteiger partial charge < -0.3 is 9.84 Å². The predicted molar refractivity (Wildman–Crippen MR) is 67.3 cm³/mol. The molecule has 0 aliphatic heterocycles. The van der Waals surface area contributed by atoms with Crippen LogP contribution in [-0.4, -0.2) is 40.6 Å². The van der Waals surface area contributed by atoms with Crippen LogP contribution in [0.25, 0.3) is 11.0 Å². The van der Waals surface area contributed by atoms with Crippen LogP contribution in [0.15, 0.2) is 30.6 Å². The summed E-state index contributed by atoms with van der Waals surface area (Å²) < 4.78 is 6.71. The molecule has 0 bridgehead atoms. The summed E-state index contributed by atoms with van der Waals surface area (Å²) in [6.07, 6.45) is 0.475. The first-order valence-electron chi connectivity index (χ1n) is 5.74. The van der Waals surface area contributed by atoms with E-state index in [9.17, 15) is 9.90 Å². The number of carboxylic acid groups (broad SMARTS) is 1. The smallest absolute Gasteiger partial charge is 0.426 e. The normalized spacial score (nSPS) is 10.7. The molecule has 0 saturated carbocycles. The number of ether oxygens (including phenoxy) is 1. The lowest BCUT2D eigenvalue weighted by atomic mass is 10.3. The van der Waals surface area contributed by atoms with Crippen molar-refractivity contribution in [2.24, 2.45) is 0 Å². The van der Waals surface area contributed by atoms with E-state index in [2.05, 4.69) is 4.98 Å². The predicted octanol–water partition coefficient (Wildman–Crippen LogP) is 1.69. The SMILES string of the molecule is CCOCCN(C(=O)O)n1cnc2ccccc21. The maximum Gasteiger partial charge on any atom is 0.426 e. The molecule has 2 aromatic rings. The summed E-state index contributed by atoms with van der Waals surface area (Å²) in [7, 11) is 0. The maximum absolute atomic E-state index is 11.3. The van der Waals surface area contributed by atoms with E-state index in [1.807, 2.05) is 31.2 Å². The van der Waals surface area contributed by atoms with Gasteiger partial charge in [-0.2, -0.15) is 0 Å². The monoisotopic (exact) mass is 249 g/mol. The van der Waals surface area contributed by atoms with E-state index in [0.717, 1.165) is 11.0 Å². The summed E-state index contributed by atoms with van der Waals surface area (Å²) in [6.45, 7) is 3.06. The van der Waals surface area contributed by atoms with Crippen LogP contribution < -0.4 is 5.01 Å². The van der Waals surface area contributed by atoms with Crippen LogP contribution in [0.1, 0.15) is 6.92 Å². The molecule has 0 atom stereocenters. The van der Waals surface area contributed by atoms with Gasteiger partial charge in [0.1, 0.15) is 6.33 Å². The lowest BCUT2D eigenvalue weighted by Gasteiger charge is -2.20. The number of fused-ring (bicyclic) bond motifs is 1. The van der Waals surface area contributed by atoms with Crippen molar-refractivity contribution in [3.8, 4) is 0 Å². The van der Waals surface area contributed by atoms with Gasteiger partial charge >= 0.3 is 6.09 Å². The van der Waals surface area contributed by atoms with Crippen LogP contribution in [0.3, 0.4) is 0 Å². The molecular weight excluding hydrogens is 234 g/mol. The van der Waals surface area contributed by atoms with Gasteiger partial charge in [0.2, 0.25) is 0 Å². The molecule has 0 saturated heterocycles. The molecule has 0 aliphatic carbocycles. The highest BCUT2D eigenvalue weighted by Gasteiger charge is 2.16. The van der Waals surface area contributed by atoms with E-state index in [0.29, 0.717) is 13.2 Å². The maximum atomic E-state index is 11.3. The molecule has 1 heterocycles. The van der Waals surface area contributed by atoms with E-state index >= 15 is 0 Å². The van der Waals surface area contributed by atoms with Crippen LogP contribution in [0.4, 0.5) is 4.79 Å². The fraction of sp³-hybridized carbons (Fsp3) is 0.333. The van der Waals surface area contributed by atoms with E-state index in [4.69, 9.17) is 4.74 Å². The number of hydrogen-bond donors (Lipinski definition) is 1. The molecule has 0 fully saturated rings. The van der Waals surface area contributed by atoms with Crippen LogP contribution in [-0.2, 0) is 4.74 Å². The van der Waals surface area contributed by atoms with E-state index in [-0.39, 0.29) is 6.54 Å². The van der Waals surface area contributed by atoms with E-state index in [1.165, 1.54) is 16.0 Å². The average Bonchev–Trinajstić information content (AvgIpc) is 2.78. The molecule has 0 aliphatic rings. The zero-order valence-electron chi connectivity index (χ0n) is 10.1. The molecule has 1 aromatic heterocycles. The summed E-state index contributed by atoms with van der Waals surface area (Å²) >= 11 is 0. The Labute approximate surface area is 104 Å². The second-order valence-corrected chi connectivity index (χ2v) is 3.68. The Hall–Kier alpha value is -2.08. The van der Waals surface area contributed by atoms with Gasteiger partial charge in [0.15, 0.2) is 0 Å². The number of nitrogens with zero attached hydrogens (tertiary/aromatic N) is 3. The van der Waals surface area contributed by atoms with E-state index < -0.39 is 6.09 Å². The Morgan fingerprint density at radius 1 is 1.50 bits per heavy atom. The minimum Gasteiger partial charge on any atom is -0.464 e. The topological polar surface area (TPSA) is 67.6 Å². The van der Waals surface area contributed by atoms with Gasteiger partial charge in [-0.25, -0.2) is 19.5 Å². The van der Waals surface area contributed by atoms with Gasteiger partial charge in [0.25, 0.3) is 0 Å². The van der Waals surface area contributed by atoms with Gasteiger partial charge in [-0.05, 0) is 19.1 Å². The number of carbonyl (C=O) groups is 1. The van der Waals surface area contributed by atoms with E-state index in [1.54, 1.807) is 0 Å². The van der Waals surface area contributed by atoms with Crippen LogP contribution >= 0.6 is 0 Å². The largest absolute Gasteiger partial charge is 0.464 e. The molecule has 1 N–H and O–H groups in total. The molecule has 1 amide bonds. The van der Waals surface area contributed by atoms with Gasteiger partial charge in [-0.3, -0.25) is 0 Å². The molecular formula is C12H15N3O3. The number of benzene rings is 1. The Bertz CT molecular complexity index is 538. The summed E-state index contributed by atoms with van der Waals surface area (Å²) in [5.41, 5.74) is 1.52. The van der Waals surface area contributed by atoms with Crippen molar-refractivity contribution in [2.75, 3.05) is 24.8 Å². The zero-order valence-corrected chi connectivity index (χ0v) is 10.1. The molecule has 96 valence electrons. The fourth-order valence-corrected chi connectivity index (χ4v) is 1.73. The lowest BCUT2D eigenvalue weighted by Crippen LogP contribution is -2.41. The van der Waals surface area contributed by atoms with Crippen molar-refractivity contribution in [2.45, 2.75) is 6.92 Å². The highest BCUT2D eigenvalue weighted by molar-refractivity contribution is 5.82. The van der Waals surface area contributed by atoms with Crippen molar-refractivity contribution >= 4 is 17.1 Å². The van der Waals surface area contributed by atoms with Crippen molar-refractivity contribution in [1.29, 1.82) is 0 Å². The highest BCUT2D eigenvalue weighted by atomic mass is 16.5. The fourth-order valence-electron chi connectivity index (χ4n) is 1.73.